The number of nitrogens with two attached hydrogens (primary N) is 1. The number of aliphatic hydroxyl groups is 1. The van der Waals surface area contributed by atoms with Crippen LogP contribution in [-0.4, -0.2) is 39.5 Å². The summed E-state index contributed by atoms with van der Waals surface area (Å²) >= 11 is 0. The molecular formula is C22H22N4O4. The second kappa shape index (κ2) is 9.58. The Morgan fingerprint density at radius 3 is 2.93 bits per heavy atom. The van der Waals surface area contributed by atoms with Crippen molar-refractivity contribution in [1.82, 2.24) is 9.55 Å². The molecule has 1 amide bonds. The highest BCUT2D eigenvalue weighted by molar-refractivity contribution is 6.32. The van der Waals surface area contributed by atoms with E-state index < -0.39 is 12.0 Å². The predicted octanol–water partition coefficient (Wildman–Crippen LogP) is 2.03. The number of nitrogens with zero attached hydrogens (tertiary/aromatic N) is 3. The number of hydrogen-bond acceptors (Lipinski definition) is 6. The van der Waals surface area contributed by atoms with Gasteiger partial charge in [0.05, 0.1) is 11.3 Å². The van der Waals surface area contributed by atoms with Crippen LogP contribution in [0.3, 0.4) is 0 Å². The summed E-state index contributed by atoms with van der Waals surface area (Å²) in [5.41, 5.74) is 7.72. The first-order valence-electron chi connectivity index (χ1n) is 9.37. The lowest BCUT2D eigenvalue weighted by molar-refractivity contribution is -0.119. The van der Waals surface area contributed by atoms with Crippen molar-refractivity contribution in [3.05, 3.63) is 65.8 Å². The van der Waals surface area contributed by atoms with Crippen molar-refractivity contribution < 1.29 is 19.5 Å². The van der Waals surface area contributed by atoms with Crippen molar-refractivity contribution in [3.63, 3.8) is 0 Å². The molecule has 0 aliphatic heterocycles. The second-order valence-electron chi connectivity index (χ2n) is 6.35. The molecule has 1 aromatic carbocycles. The molecule has 0 saturated heterocycles. The average Bonchev–Trinajstić information content (AvgIpc) is 3.36. The molecule has 0 saturated carbocycles. The molecule has 1 aliphatic carbocycles. The Hall–Kier alpha value is -3.83. The third kappa shape index (κ3) is 4.96. The molecule has 1 atom stereocenters. The van der Waals surface area contributed by atoms with Gasteiger partial charge >= 0.3 is 0 Å². The molecule has 3 rings (SSSR count). The van der Waals surface area contributed by atoms with Gasteiger partial charge in [-0.15, -0.1) is 0 Å². The molecule has 0 fully saturated rings. The second-order valence-corrected chi connectivity index (χ2v) is 6.35. The molecule has 0 bridgehead atoms. The fourth-order valence-corrected chi connectivity index (χ4v) is 2.76. The average molecular weight is 406 g/mol. The molecule has 154 valence electrons. The number of primary amides is 1. The number of carbonyl (C=O) groups is 1. The lowest BCUT2D eigenvalue weighted by atomic mass is 10.1. The van der Waals surface area contributed by atoms with E-state index in [1.165, 1.54) is 0 Å². The Morgan fingerprint density at radius 2 is 2.20 bits per heavy atom. The number of amides is 1. The van der Waals surface area contributed by atoms with E-state index in [0.29, 0.717) is 40.7 Å². The first-order chi connectivity index (χ1) is 14.5. The number of allylic oxidation sites excluding steroid dienone is 4. The van der Waals surface area contributed by atoms with Gasteiger partial charge in [0, 0.05) is 18.0 Å². The Balaban J connectivity index is 1.85. The van der Waals surface area contributed by atoms with E-state index in [0.717, 1.165) is 0 Å². The maximum atomic E-state index is 10.9. The number of aromatic nitrogens is 2. The van der Waals surface area contributed by atoms with Crippen LogP contribution in [-0.2, 0) is 9.63 Å². The zero-order valence-electron chi connectivity index (χ0n) is 16.7. The van der Waals surface area contributed by atoms with Gasteiger partial charge in [0.15, 0.2) is 6.61 Å². The third-order valence-electron chi connectivity index (χ3n) is 4.05. The van der Waals surface area contributed by atoms with Gasteiger partial charge in [0.25, 0.3) is 5.91 Å². The standard InChI is InChI=1S/C22H22N4O4/c1-3-30-25-21-17(9-10-19(21)26-12-11-24-22(26)15(2)27)8-7-16-5-4-6-18(13-16)29-14-20(23)28/h4-6,9-13,15,27H,3,14H2,1-2H3,(H2,23,28)/b25-21+/t15-/m0/s1. The number of rotatable bonds is 7. The molecule has 8 heteroatoms. The molecular weight excluding hydrogens is 384 g/mol. The van der Waals surface area contributed by atoms with Crippen LogP contribution in [0.5, 0.6) is 5.75 Å². The minimum atomic E-state index is -0.743. The van der Waals surface area contributed by atoms with Gasteiger partial charge in [-0.2, -0.15) is 0 Å². The molecule has 0 unspecified atom stereocenters. The lowest BCUT2D eigenvalue weighted by Gasteiger charge is -2.12. The monoisotopic (exact) mass is 406 g/mol. The van der Waals surface area contributed by atoms with Crippen LogP contribution in [0, 0.1) is 11.8 Å². The topological polar surface area (TPSA) is 112 Å². The highest BCUT2D eigenvalue weighted by Gasteiger charge is 2.22. The molecule has 1 aliphatic rings. The van der Waals surface area contributed by atoms with Crippen LogP contribution in [0.2, 0.25) is 0 Å². The van der Waals surface area contributed by atoms with Crippen molar-refractivity contribution in [2.24, 2.45) is 10.9 Å². The van der Waals surface area contributed by atoms with Gasteiger partial charge in [0.2, 0.25) is 0 Å². The largest absolute Gasteiger partial charge is 0.484 e. The number of benzene rings is 1. The van der Waals surface area contributed by atoms with E-state index in [1.54, 1.807) is 42.1 Å². The lowest BCUT2D eigenvalue weighted by Crippen LogP contribution is -2.19. The predicted molar refractivity (Wildman–Crippen MR) is 112 cm³/mol. The fraction of sp³-hybridized carbons (Fsp3) is 0.227. The van der Waals surface area contributed by atoms with Crippen molar-refractivity contribution in [2.45, 2.75) is 20.0 Å². The summed E-state index contributed by atoms with van der Waals surface area (Å²) in [7, 11) is 0. The molecule has 1 heterocycles. The van der Waals surface area contributed by atoms with Crippen molar-refractivity contribution in [1.29, 1.82) is 0 Å². The fourth-order valence-electron chi connectivity index (χ4n) is 2.76. The van der Waals surface area contributed by atoms with Gasteiger partial charge in [-0.05, 0) is 44.2 Å². The van der Waals surface area contributed by atoms with Gasteiger partial charge in [-0.1, -0.05) is 23.1 Å². The maximum absolute atomic E-state index is 10.9. The van der Waals surface area contributed by atoms with E-state index in [2.05, 4.69) is 22.0 Å². The number of ether oxygens (including phenoxy) is 1. The first kappa shape index (κ1) is 20.9. The summed E-state index contributed by atoms with van der Waals surface area (Å²) in [5.74, 6) is 6.61. The Morgan fingerprint density at radius 1 is 1.37 bits per heavy atom. The highest BCUT2D eigenvalue weighted by Crippen LogP contribution is 2.24. The number of oxime groups is 1. The smallest absolute Gasteiger partial charge is 0.255 e. The zero-order chi connectivity index (χ0) is 21.5. The minimum absolute atomic E-state index is 0.197. The highest BCUT2D eigenvalue weighted by atomic mass is 16.6. The Kier molecular flexibility index (Phi) is 6.67. The van der Waals surface area contributed by atoms with Crippen LogP contribution in [0.1, 0.15) is 31.3 Å². The van der Waals surface area contributed by atoms with Crippen LogP contribution in [0.4, 0.5) is 0 Å². The molecule has 8 nitrogen and oxygen atoms in total. The SMILES string of the molecule is CCO/N=C1\C(C#Cc2cccc(OCC(N)=O)c2)=CC=C1n1ccnc1[C@H](C)O. The number of imidazole rings is 1. The van der Waals surface area contributed by atoms with E-state index in [4.69, 9.17) is 15.3 Å². The van der Waals surface area contributed by atoms with Crippen molar-refractivity contribution in [3.8, 4) is 17.6 Å². The van der Waals surface area contributed by atoms with E-state index >= 15 is 0 Å². The summed E-state index contributed by atoms with van der Waals surface area (Å²) in [5, 5.41) is 14.2. The van der Waals surface area contributed by atoms with Crippen LogP contribution in [0.25, 0.3) is 5.70 Å². The quantitative estimate of drug-likeness (QED) is 0.540. The molecule has 2 aromatic rings. The van der Waals surface area contributed by atoms with E-state index in [9.17, 15) is 9.90 Å². The zero-order valence-corrected chi connectivity index (χ0v) is 16.7. The van der Waals surface area contributed by atoms with Crippen LogP contribution >= 0.6 is 0 Å². The summed E-state index contributed by atoms with van der Waals surface area (Å²) in [6.07, 6.45) is 6.30. The normalized spacial score (nSPS) is 15.1. The van der Waals surface area contributed by atoms with E-state index in [1.807, 2.05) is 25.1 Å². The van der Waals surface area contributed by atoms with Crippen molar-refractivity contribution in [2.75, 3.05) is 13.2 Å². The Bertz CT molecular complexity index is 1080. The summed E-state index contributed by atoms with van der Waals surface area (Å²) in [4.78, 5) is 20.4. The maximum Gasteiger partial charge on any atom is 0.255 e. The number of carbonyl (C=O) groups excluding carboxylic acids is 1. The van der Waals surface area contributed by atoms with Gasteiger partial charge in [-0.3, -0.25) is 9.36 Å². The van der Waals surface area contributed by atoms with Gasteiger partial charge < -0.3 is 20.4 Å². The third-order valence-corrected chi connectivity index (χ3v) is 4.05. The molecule has 3 N–H and O–H groups in total. The van der Waals surface area contributed by atoms with E-state index in [-0.39, 0.29) is 6.61 Å². The molecule has 30 heavy (non-hydrogen) atoms. The van der Waals surface area contributed by atoms with Crippen molar-refractivity contribution >= 4 is 17.3 Å². The summed E-state index contributed by atoms with van der Waals surface area (Å²) in [6.45, 7) is 3.70. The summed E-state index contributed by atoms with van der Waals surface area (Å²) in [6, 6.07) is 7.05. The van der Waals surface area contributed by atoms with Gasteiger partial charge in [-0.25, -0.2) is 4.98 Å². The molecule has 0 spiro atoms. The Labute approximate surface area is 174 Å². The number of hydrogen-bond donors (Lipinski definition) is 2. The first-order valence-corrected chi connectivity index (χ1v) is 9.37. The molecule has 1 aromatic heterocycles. The summed E-state index contributed by atoms with van der Waals surface area (Å²) < 4.78 is 7.07. The molecule has 0 radical (unpaired) electrons. The van der Waals surface area contributed by atoms with Crippen LogP contribution < -0.4 is 10.5 Å². The van der Waals surface area contributed by atoms with Crippen LogP contribution in [0.15, 0.2) is 59.5 Å². The number of aliphatic hydroxyl groups excluding tert-OH is 1. The minimum Gasteiger partial charge on any atom is -0.484 e. The van der Waals surface area contributed by atoms with Gasteiger partial charge in [0.1, 0.15) is 30.0 Å².